The topological polar surface area (TPSA) is 123 Å². The first-order valence-electron chi connectivity index (χ1n) is 10.8. The molecule has 34 heavy (non-hydrogen) atoms. The molecule has 2 aromatic heterocycles. The van der Waals surface area contributed by atoms with Crippen LogP contribution >= 0.6 is 23.5 Å². The molecular weight excluding hydrogens is 476 g/mol. The molecule has 0 saturated carbocycles. The molecule has 0 aliphatic carbocycles. The van der Waals surface area contributed by atoms with Crippen LogP contribution in [0.1, 0.15) is 18.4 Å². The molecule has 12 heteroatoms. The number of rotatable bonds is 9. The molecule has 0 spiro atoms. The lowest BCUT2D eigenvalue weighted by atomic mass is 10.1. The van der Waals surface area contributed by atoms with E-state index in [1.807, 2.05) is 36.4 Å². The van der Waals surface area contributed by atoms with Gasteiger partial charge in [-0.2, -0.15) is 0 Å². The minimum absolute atomic E-state index is 0.201. The molecule has 178 valence electrons. The summed E-state index contributed by atoms with van der Waals surface area (Å²) in [4.78, 5) is 30.4. The number of carbonyl (C=O) groups is 2. The molecule has 1 aliphatic rings. The molecular formula is C22H24N6O4S2. The number of piperidine rings is 1. The van der Waals surface area contributed by atoms with E-state index < -0.39 is 5.97 Å². The molecule has 0 radical (unpaired) electrons. The number of benzene rings is 1. The van der Waals surface area contributed by atoms with Crippen molar-refractivity contribution in [1.82, 2.24) is 30.1 Å². The Morgan fingerprint density at radius 1 is 1.09 bits per heavy atom. The minimum atomic E-state index is -0.997. The van der Waals surface area contributed by atoms with Crippen molar-refractivity contribution in [2.75, 3.05) is 18.8 Å². The molecule has 0 atom stereocenters. The average Bonchev–Trinajstić information content (AvgIpc) is 3.27. The SMILES string of the molecule is O=C(O)Cn1nnnc1SC1CCN(C(=O)Oc2ccc(CCSc3ccncc3)cc2)CC1. The summed E-state index contributed by atoms with van der Waals surface area (Å²) in [5, 5.41) is 20.8. The molecule has 0 bridgehead atoms. The fourth-order valence-electron chi connectivity index (χ4n) is 3.42. The van der Waals surface area contributed by atoms with Crippen molar-refractivity contribution in [3.8, 4) is 5.75 Å². The number of likely N-dealkylation sites (tertiary alicyclic amines) is 1. The number of hydrogen-bond donors (Lipinski definition) is 1. The third-order valence-corrected chi connectivity index (χ3v) is 7.52. The number of aliphatic carboxylic acids is 1. The van der Waals surface area contributed by atoms with Gasteiger partial charge in [0.25, 0.3) is 0 Å². The van der Waals surface area contributed by atoms with Crippen LogP contribution in [0.4, 0.5) is 4.79 Å². The third kappa shape index (κ3) is 6.94. The van der Waals surface area contributed by atoms with Gasteiger partial charge < -0.3 is 14.7 Å². The molecule has 1 fully saturated rings. The molecule has 1 saturated heterocycles. The van der Waals surface area contributed by atoms with Crippen LogP contribution < -0.4 is 4.74 Å². The molecule has 1 aliphatic heterocycles. The van der Waals surface area contributed by atoms with E-state index in [4.69, 9.17) is 9.84 Å². The van der Waals surface area contributed by atoms with Crippen molar-refractivity contribution in [3.05, 3.63) is 54.4 Å². The summed E-state index contributed by atoms with van der Waals surface area (Å²) >= 11 is 3.23. The molecule has 0 unspecified atom stereocenters. The summed E-state index contributed by atoms with van der Waals surface area (Å²) in [6.07, 6.45) is 5.63. The quantitative estimate of drug-likeness (QED) is 0.438. The van der Waals surface area contributed by atoms with Crippen LogP contribution in [-0.4, -0.2) is 71.4 Å². The van der Waals surface area contributed by atoms with Crippen molar-refractivity contribution < 1.29 is 19.4 Å². The summed E-state index contributed by atoms with van der Waals surface area (Å²) in [6.45, 7) is 0.839. The zero-order chi connectivity index (χ0) is 23.8. The Morgan fingerprint density at radius 2 is 1.82 bits per heavy atom. The minimum Gasteiger partial charge on any atom is -0.480 e. The lowest BCUT2D eigenvalue weighted by Crippen LogP contribution is -2.41. The molecule has 4 rings (SSSR count). The molecule has 1 N–H and O–H groups in total. The van der Waals surface area contributed by atoms with Gasteiger partial charge in [0.1, 0.15) is 12.3 Å². The van der Waals surface area contributed by atoms with Crippen LogP contribution in [0.15, 0.2) is 58.8 Å². The predicted octanol–water partition coefficient (Wildman–Crippen LogP) is 3.24. The van der Waals surface area contributed by atoms with Gasteiger partial charge in [0.05, 0.1) is 0 Å². The van der Waals surface area contributed by atoms with Crippen molar-refractivity contribution >= 4 is 35.6 Å². The number of carboxylic acid groups (broad SMARTS) is 1. The Morgan fingerprint density at radius 3 is 2.53 bits per heavy atom. The first kappa shape index (κ1) is 24.0. The first-order chi connectivity index (χ1) is 16.6. The van der Waals surface area contributed by atoms with Crippen molar-refractivity contribution in [2.45, 2.75) is 41.1 Å². The second kappa shape index (κ2) is 11.8. The number of hydrogen-bond acceptors (Lipinski definition) is 9. The summed E-state index contributed by atoms with van der Waals surface area (Å²) < 4.78 is 6.83. The van der Waals surface area contributed by atoms with Gasteiger partial charge in [-0.05, 0) is 59.5 Å². The molecule has 10 nitrogen and oxygen atoms in total. The van der Waals surface area contributed by atoms with Gasteiger partial charge in [-0.3, -0.25) is 9.78 Å². The van der Waals surface area contributed by atoms with Crippen LogP contribution in [0.2, 0.25) is 0 Å². The number of amides is 1. The number of ether oxygens (including phenoxy) is 1. The highest BCUT2D eigenvalue weighted by Gasteiger charge is 2.26. The van der Waals surface area contributed by atoms with Crippen molar-refractivity contribution in [1.29, 1.82) is 0 Å². The number of thioether (sulfide) groups is 2. The maximum Gasteiger partial charge on any atom is 0.415 e. The van der Waals surface area contributed by atoms with Gasteiger partial charge in [-0.15, -0.1) is 16.9 Å². The summed E-state index contributed by atoms with van der Waals surface area (Å²) in [5.74, 6) is 0.488. The van der Waals surface area contributed by atoms with E-state index in [9.17, 15) is 9.59 Å². The average molecular weight is 501 g/mol. The number of carbonyl (C=O) groups excluding carboxylic acids is 1. The number of nitrogens with zero attached hydrogens (tertiary/aromatic N) is 6. The Kier molecular flexibility index (Phi) is 8.36. The Balaban J connectivity index is 1.19. The largest absolute Gasteiger partial charge is 0.480 e. The predicted molar refractivity (Wildman–Crippen MR) is 127 cm³/mol. The van der Waals surface area contributed by atoms with Gasteiger partial charge in [0.15, 0.2) is 0 Å². The van der Waals surface area contributed by atoms with E-state index in [0.717, 1.165) is 25.0 Å². The van der Waals surface area contributed by atoms with Gasteiger partial charge in [0.2, 0.25) is 5.16 Å². The fourth-order valence-corrected chi connectivity index (χ4v) is 5.36. The summed E-state index contributed by atoms with van der Waals surface area (Å²) in [5.41, 5.74) is 1.18. The van der Waals surface area contributed by atoms with Crippen molar-refractivity contribution in [2.24, 2.45) is 0 Å². The number of tetrazole rings is 1. The smallest absolute Gasteiger partial charge is 0.415 e. The molecule has 3 heterocycles. The lowest BCUT2D eigenvalue weighted by Gasteiger charge is -2.30. The highest BCUT2D eigenvalue weighted by molar-refractivity contribution is 7.99. The van der Waals surface area contributed by atoms with Crippen LogP contribution in [0.3, 0.4) is 0 Å². The molecule has 1 aromatic carbocycles. The second-order valence-electron chi connectivity index (χ2n) is 7.61. The van der Waals surface area contributed by atoms with Gasteiger partial charge >= 0.3 is 12.1 Å². The van der Waals surface area contributed by atoms with Crippen molar-refractivity contribution in [3.63, 3.8) is 0 Å². The molecule has 1 amide bonds. The van der Waals surface area contributed by atoms with Crippen LogP contribution in [0.25, 0.3) is 0 Å². The number of aromatic nitrogens is 5. The first-order valence-corrected chi connectivity index (χ1v) is 12.7. The second-order valence-corrected chi connectivity index (χ2v) is 10.0. The van der Waals surface area contributed by atoms with E-state index in [-0.39, 0.29) is 17.9 Å². The van der Waals surface area contributed by atoms with Gasteiger partial charge in [0, 0.05) is 41.4 Å². The fraction of sp³-hybridized carbons (Fsp3) is 0.364. The van der Waals surface area contributed by atoms with E-state index in [2.05, 4.69) is 20.5 Å². The number of aryl methyl sites for hydroxylation is 1. The highest BCUT2D eigenvalue weighted by atomic mass is 32.2. The molecule has 3 aromatic rings. The Labute approximate surface area is 205 Å². The standard InChI is InChI=1S/C22H24N6O4S2/c29-20(30)15-28-21(24-25-26-28)34-19-7-12-27(13-8-19)22(31)32-17-3-1-16(2-4-17)9-14-33-18-5-10-23-11-6-18/h1-6,10-11,19H,7-9,12-15H2,(H,29,30). The Hall–Kier alpha value is -3.12. The van der Waals surface area contributed by atoms with E-state index in [1.165, 1.54) is 26.9 Å². The third-order valence-electron chi connectivity index (χ3n) is 5.19. The number of pyridine rings is 1. The van der Waals surface area contributed by atoms with Crippen LogP contribution in [0.5, 0.6) is 5.75 Å². The summed E-state index contributed by atoms with van der Waals surface area (Å²) in [6, 6.07) is 11.6. The highest BCUT2D eigenvalue weighted by Crippen LogP contribution is 2.29. The van der Waals surface area contributed by atoms with E-state index in [0.29, 0.717) is 24.0 Å². The Bertz CT molecular complexity index is 1090. The lowest BCUT2D eigenvalue weighted by molar-refractivity contribution is -0.138. The van der Waals surface area contributed by atoms with Crippen LogP contribution in [-0.2, 0) is 17.8 Å². The number of carboxylic acids is 1. The van der Waals surface area contributed by atoms with Crippen LogP contribution in [0, 0.1) is 0 Å². The normalized spacial score (nSPS) is 14.2. The maximum absolute atomic E-state index is 12.6. The zero-order valence-electron chi connectivity index (χ0n) is 18.3. The van der Waals surface area contributed by atoms with E-state index in [1.54, 1.807) is 29.1 Å². The summed E-state index contributed by atoms with van der Waals surface area (Å²) in [7, 11) is 0. The van der Waals surface area contributed by atoms with Gasteiger partial charge in [-0.25, -0.2) is 9.48 Å². The van der Waals surface area contributed by atoms with Gasteiger partial charge in [-0.1, -0.05) is 23.9 Å². The zero-order valence-corrected chi connectivity index (χ0v) is 20.0. The maximum atomic E-state index is 12.6. The monoisotopic (exact) mass is 500 g/mol. The van der Waals surface area contributed by atoms with E-state index >= 15 is 0 Å².